The summed E-state index contributed by atoms with van der Waals surface area (Å²) in [4.78, 5) is 18.7. The molecule has 0 radical (unpaired) electrons. The lowest BCUT2D eigenvalue weighted by Gasteiger charge is -2.25. The predicted molar refractivity (Wildman–Crippen MR) is 111 cm³/mol. The maximum atomic E-state index is 14.6. The smallest absolute Gasteiger partial charge is 0.273 e. The quantitative estimate of drug-likeness (QED) is 0.578. The first kappa shape index (κ1) is 19.8. The highest BCUT2D eigenvalue weighted by atomic mass is 32.2. The molecule has 0 N–H and O–H groups in total. The molecule has 1 aliphatic rings. The molecule has 1 amide bonds. The van der Waals surface area contributed by atoms with Crippen LogP contribution in [0.3, 0.4) is 0 Å². The van der Waals surface area contributed by atoms with Crippen molar-refractivity contribution in [3.63, 3.8) is 0 Å². The Labute approximate surface area is 175 Å². The fourth-order valence-electron chi connectivity index (χ4n) is 2.93. The molecule has 0 atom stereocenters. The second kappa shape index (κ2) is 8.92. The molecule has 1 saturated heterocycles. The highest BCUT2D eigenvalue weighted by molar-refractivity contribution is 7.99. The maximum absolute atomic E-state index is 14.6. The number of thiazole rings is 1. The lowest BCUT2D eigenvalue weighted by atomic mass is 10.2. The molecule has 29 heavy (non-hydrogen) atoms. The zero-order chi connectivity index (χ0) is 20.2. The van der Waals surface area contributed by atoms with Crippen LogP contribution in [-0.2, 0) is 6.61 Å². The summed E-state index contributed by atoms with van der Waals surface area (Å²) >= 11 is 3.08. The number of halogens is 2. The number of carbonyl (C=O) groups excluding carboxylic acids is 1. The van der Waals surface area contributed by atoms with Crippen molar-refractivity contribution in [1.29, 1.82) is 0 Å². The van der Waals surface area contributed by atoms with Crippen molar-refractivity contribution in [3.8, 4) is 16.3 Å². The van der Waals surface area contributed by atoms with Gasteiger partial charge in [0.15, 0.2) is 0 Å². The molecule has 2 heterocycles. The number of carbonyl (C=O) groups is 1. The van der Waals surface area contributed by atoms with E-state index >= 15 is 0 Å². The summed E-state index contributed by atoms with van der Waals surface area (Å²) in [5.74, 6) is 1.34. The molecule has 0 unspecified atom stereocenters. The molecule has 0 aliphatic carbocycles. The van der Waals surface area contributed by atoms with E-state index in [0.29, 0.717) is 35.1 Å². The zero-order valence-corrected chi connectivity index (χ0v) is 17.1. The molecule has 1 aromatic heterocycles. The average molecular weight is 433 g/mol. The molecule has 0 saturated carbocycles. The van der Waals surface area contributed by atoms with E-state index in [0.717, 1.165) is 17.1 Å². The molecule has 4 rings (SSSR count). The van der Waals surface area contributed by atoms with Gasteiger partial charge in [0.25, 0.3) is 5.91 Å². The molecular formula is C21H18F2N2O2S2. The van der Waals surface area contributed by atoms with Crippen LogP contribution in [0.1, 0.15) is 16.1 Å². The standard InChI is InChI=1S/C21H18F2N2O2S2/c22-15-3-1-14(2-4-15)12-27-16-5-6-17(18(23)11-16)20-24-19(13-29-20)21(26)25-7-9-28-10-8-25/h1-6,11,13H,7-10,12H2. The number of thioether (sulfide) groups is 1. The monoisotopic (exact) mass is 432 g/mol. The van der Waals surface area contributed by atoms with E-state index in [4.69, 9.17) is 4.74 Å². The molecule has 0 bridgehead atoms. The fraction of sp³-hybridized carbons (Fsp3) is 0.238. The first-order valence-electron chi connectivity index (χ1n) is 9.10. The van der Waals surface area contributed by atoms with Crippen LogP contribution in [0.5, 0.6) is 5.75 Å². The Morgan fingerprint density at radius 2 is 1.86 bits per heavy atom. The third kappa shape index (κ3) is 4.76. The van der Waals surface area contributed by atoms with Gasteiger partial charge in [0.2, 0.25) is 0 Å². The number of amides is 1. The van der Waals surface area contributed by atoms with Gasteiger partial charge in [-0.05, 0) is 29.8 Å². The van der Waals surface area contributed by atoms with Crippen molar-refractivity contribution in [2.45, 2.75) is 6.61 Å². The molecule has 4 nitrogen and oxygen atoms in total. The van der Waals surface area contributed by atoms with E-state index in [2.05, 4.69) is 4.98 Å². The molecule has 150 valence electrons. The van der Waals surface area contributed by atoms with Crippen molar-refractivity contribution in [1.82, 2.24) is 9.88 Å². The first-order valence-corrected chi connectivity index (χ1v) is 11.1. The van der Waals surface area contributed by atoms with E-state index in [-0.39, 0.29) is 18.3 Å². The molecular weight excluding hydrogens is 414 g/mol. The van der Waals surface area contributed by atoms with Gasteiger partial charge >= 0.3 is 0 Å². The number of hydrogen-bond acceptors (Lipinski definition) is 5. The van der Waals surface area contributed by atoms with E-state index < -0.39 is 5.82 Å². The first-order chi connectivity index (χ1) is 14.1. The lowest BCUT2D eigenvalue weighted by Crippen LogP contribution is -2.38. The minimum absolute atomic E-state index is 0.104. The van der Waals surface area contributed by atoms with Crippen LogP contribution in [0.25, 0.3) is 10.6 Å². The van der Waals surface area contributed by atoms with Crippen molar-refractivity contribution in [2.75, 3.05) is 24.6 Å². The summed E-state index contributed by atoms with van der Waals surface area (Å²) in [7, 11) is 0. The molecule has 1 aliphatic heterocycles. The Hall–Kier alpha value is -2.45. The van der Waals surface area contributed by atoms with Crippen LogP contribution in [0.2, 0.25) is 0 Å². The second-order valence-electron chi connectivity index (χ2n) is 6.50. The van der Waals surface area contributed by atoms with Gasteiger partial charge in [-0.25, -0.2) is 13.8 Å². The Bertz CT molecular complexity index is 1000. The van der Waals surface area contributed by atoms with E-state index in [9.17, 15) is 13.6 Å². The third-order valence-electron chi connectivity index (χ3n) is 4.51. The van der Waals surface area contributed by atoms with Crippen LogP contribution < -0.4 is 4.74 Å². The highest BCUT2D eigenvalue weighted by Gasteiger charge is 2.21. The Morgan fingerprint density at radius 1 is 1.10 bits per heavy atom. The van der Waals surface area contributed by atoms with Gasteiger partial charge in [-0.2, -0.15) is 11.8 Å². The number of benzene rings is 2. The third-order valence-corrected chi connectivity index (χ3v) is 6.33. The Balaban J connectivity index is 1.44. The van der Waals surface area contributed by atoms with Crippen LogP contribution in [-0.4, -0.2) is 40.4 Å². The van der Waals surface area contributed by atoms with Gasteiger partial charge in [-0.3, -0.25) is 4.79 Å². The van der Waals surface area contributed by atoms with E-state index in [1.165, 1.54) is 29.5 Å². The second-order valence-corrected chi connectivity index (χ2v) is 8.58. The topological polar surface area (TPSA) is 42.4 Å². The summed E-state index contributed by atoms with van der Waals surface area (Å²) in [5.41, 5.74) is 1.47. The van der Waals surface area contributed by atoms with Gasteiger partial charge in [-0.15, -0.1) is 11.3 Å². The molecule has 1 fully saturated rings. The normalized spacial score (nSPS) is 14.1. The number of hydrogen-bond donors (Lipinski definition) is 0. The van der Waals surface area contributed by atoms with E-state index in [1.807, 2.05) is 11.8 Å². The van der Waals surface area contributed by atoms with Gasteiger partial charge < -0.3 is 9.64 Å². The maximum Gasteiger partial charge on any atom is 0.273 e. The van der Waals surface area contributed by atoms with Crippen molar-refractivity contribution < 1.29 is 18.3 Å². The molecule has 2 aromatic carbocycles. The minimum atomic E-state index is -0.468. The summed E-state index contributed by atoms with van der Waals surface area (Å²) in [6, 6.07) is 10.5. The highest BCUT2D eigenvalue weighted by Crippen LogP contribution is 2.30. The number of nitrogens with zero attached hydrogens (tertiary/aromatic N) is 2. The van der Waals surface area contributed by atoms with Gasteiger partial charge in [0.1, 0.15) is 34.7 Å². The summed E-state index contributed by atoms with van der Waals surface area (Å²) in [6.45, 7) is 1.64. The van der Waals surface area contributed by atoms with Crippen LogP contribution >= 0.6 is 23.1 Å². The van der Waals surface area contributed by atoms with Crippen molar-refractivity contribution in [2.24, 2.45) is 0 Å². The van der Waals surface area contributed by atoms with Crippen molar-refractivity contribution >= 4 is 29.0 Å². The zero-order valence-electron chi connectivity index (χ0n) is 15.4. The lowest BCUT2D eigenvalue weighted by molar-refractivity contribution is 0.0767. The number of rotatable bonds is 5. The minimum Gasteiger partial charge on any atom is -0.489 e. The number of ether oxygens (including phenoxy) is 1. The van der Waals surface area contributed by atoms with Crippen LogP contribution in [0.15, 0.2) is 47.8 Å². The van der Waals surface area contributed by atoms with Crippen molar-refractivity contribution in [3.05, 3.63) is 70.7 Å². The molecule has 3 aromatic rings. The van der Waals surface area contributed by atoms with Crippen LogP contribution in [0.4, 0.5) is 8.78 Å². The largest absolute Gasteiger partial charge is 0.489 e. The summed E-state index contributed by atoms with van der Waals surface area (Å²) in [5, 5.41) is 2.14. The van der Waals surface area contributed by atoms with Gasteiger partial charge in [0, 0.05) is 41.6 Å². The predicted octanol–water partition coefficient (Wildman–Crippen LogP) is 4.86. The molecule has 0 spiro atoms. The summed E-state index contributed by atoms with van der Waals surface area (Å²) in [6.07, 6.45) is 0. The van der Waals surface area contributed by atoms with Gasteiger partial charge in [-0.1, -0.05) is 12.1 Å². The Kier molecular flexibility index (Phi) is 6.10. The van der Waals surface area contributed by atoms with Gasteiger partial charge in [0.05, 0.1) is 0 Å². The Morgan fingerprint density at radius 3 is 2.59 bits per heavy atom. The molecule has 8 heteroatoms. The van der Waals surface area contributed by atoms with E-state index in [1.54, 1.807) is 34.5 Å². The SMILES string of the molecule is O=C(c1csc(-c2ccc(OCc3ccc(F)cc3)cc2F)n1)N1CCSCC1. The fourth-order valence-corrected chi connectivity index (χ4v) is 4.65. The average Bonchev–Trinajstić information content (AvgIpc) is 3.23. The number of aromatic nitrogens is 1. The summed E-state index contributed by atoms with van der Waals surface area (Å²) < 4.78 is 33.1. The van der Waals surface area contributed by atoms with Crippen LogP contribution in [0, 0.1) is 11.6 Å².